The van der Waals surface area contributed by atoms with Gasteiger partial charge in [0.2, 0.25) is 5.91 Å². The molecule has 0 spiro atoms. The van der Waals surface area contributed by atoms with E-state index < -0.39 is 17.0 Å². The zero-order valence-electron chi connectivity index (χ0n) is 13.3. The molecule has 0 saturated carbocycles. The molecule has 0 bridgehead atoms. The first-order valence-corrected chi connectivity index (χ1v) is 8.10. The van der Waals surface area contributed by atoms with Crippen molar-refractivity contribution < 1.29 is 24.0 Å². The van der Waals surface area contributed by atoms with Crippen molar-refractivity contribution in [1.29, 1.82) is 0 Å². The second-order valence-electron chi connectivity index (χ2n) is 5.27. The van der Waals surface area contributed by atoms with Gasteiger partial charge in [-0.15, -0.1) is 0 Å². The summed E-state index contributed by atoms with van der Waals surface area (Å²) in [7, 11) is 0. The van der Waals surface area contributed by atoms with Crippen LogP contribution in [0.4, 0.5) is 5.00 Å². The summed E-state index contributed by atoms with van der Waals surface area (Å²) in [6.07, 6.45) is -0.998. The lowest BCUT2D eigenvalue weighted by Crippen LogP contribution is -2.52. The van der Waals surface area contributed by atoms with E-state index >= 15 is 0 Å². The number of rotatable bonds is 4. The first kappa shape index (κ1) is 17.9. The summed E-state index contributed by atoms with van der Waals surface area (Å²) in [6.45, 7) is 4.58. The summed E-state index contributed by atoms with van der Waals surface area (Å²) in [5.74, 6) is -1.16. The van der Waals surface area contributed by atoms with Crippen LogP contribution in [0.5, 0.6) is 0 Å². The molecular weight excluding hydrogens is 338 g/mol. The summed E-state index contributed by atoms with van der Waals surface area (Å²) in [4.78, 5) is 48.8. The molecule has 130 valence electrons. The second-order valence-corrected chi connectivity index (χ2v) is 6.34. The largest absolute Gasteiger partial charge is 0.448 e. The number of nitrogens with zero attached hydrogens (tertiary/aromatic N) is 3. The van der Waals surface area contributed by atoms with Crippen LogP contribution in [0.1, 0.15) is 23.5 Å². The van der Waals surface area contributed by atoms with Crippen LogP contribution >= 0.6 is 11.3 Å². The third kappa shape index (κ3) is 4.07. The van der Waals surface area contributed by atoms with Gasteiger partial charge < -0.3 is 14.5 Å². The van der Waals surface area contributed by atoms with Crippen LogP contribution in [-0.2, 0) is 14.3 Å². The third-order valence-electron chi connectivity index (χ3n) is 3.64. The van der Waals surface area contributed by atoms with Crippen LogP contribution in [0.25, 0.3) is 0 Å². The smallest absolute Gasteiger partial charge is 0.349 e. The summed E-state index contributed by atoms with van der Waals surface area (Å²) in [5, 5.41) is 10.5. The molecule has 2 heterocycles. The summed E-state index contributed by atoms with van der Waals surface area (Å²) in [5.41, 5.74) is 0. The van der Waals surface area contributed by atoms with Gasteiger partial charge in [-0.05, 0) is 13.0 Å². The van der Waals surface area contributed by atoms with Gasteiger partial charge in [0, 0.05) is 39.2 Å². The molecule has 24 heavy (non-hydrogen) atoms. The molecule has 1 aliphatic heterocycles. The Morgan fingerprint density at radius 3 is 2.29 bits per heavy atom. The Bertz CT molecular complexity index is 665. The fourth-order valence-electron chi connectivity index (χ4n) is 2.30. The Hall–Kier alpha value is -2.49. The highest BCUT2D eigenvalue weighted by Gasteiger charge is 2.28. The standard InChI is InChI=1S/C14H17N3O6S/c1-9(13(19)16-7-5-15(6-8-16)10(2)18)23-14(20)11-3-4-12(24-11)17(21)22/h3-4,9H,5-8H2,1-2H3. The van der Waals surface area contributed by atoms with Crippen LogP contribution in [0.3, 0.4) is 0 Å². The minimum absolute atomic E-state index is 0.0409. The number of thiophene rings is 1. The van der Waals surface area contributed by atoms with E-state index in [-0.39, 0.29) is 21.7 Å². The molecule has 1 fully saturated rings. The number of hydrogen-bond donors (Lipinski definition) is 0. The Labute approximate surface area is 141 Å². The van der Waals surface area contributed by atoms with Crippen LogP contribution in [-0.4, -0.2) is 64.8 Å². The minimum atomic E-state index is -0.998. The lowest BCUT2D eigenvalue weighted by Gasteiger charge is -2.35. The molecule has 1 saturated heterocycles. The first-order valence-electron chi connectivity index (χ1n) is 7.29. The number of carbonyl (C=O) groups excluding carboxylic acids is 3. The van der Waals surface area contributed by atoms with Gasteiger partial charge in [-0.3, -0.25) is 19.7 Å². The number of piperazine rings is 1. The topological polar surface area (TPSA) is 110 Å². The predicted molar refractivity (Wildman–Crippen MR) is 84.7 cm³/mol. The molecule has 0 aliphatic carbocycles. The lowest BCUT2D eigenvalue weighted by atomic mass is 10.2. The van der Waals surface area contributed by atoms with E-state index in [1.807, 2.05) is 0 Å². The molecule has 0 N–H and O–H groups in total. The maximum atomic E-state index is 12.3. The van der Waals surface area contributed by atoms with Crippen LogP contribution < -0.4 is 0 Å². The van der Waals surface area contributed by atoms with Gasteiger partial charge in [0.1, 0.15) is 4.88 Å². The molecular formula is C14H17N3O6S. The molecule has 1 aromatic rings. The van der Waals surface area contributed by atoms with Gasteiger partial charge in [-0.2, -0.15) is 0 Å². The van der Waals surface area contributed by atoms with Gasteiger partial charge in [-0.1, -0.05) is 11.3 Å². The lowest BCUT2D eigenvalue weighted by molar-refractivity contribution is -0.380. The number of hydrogen-bond acceptors (Lipinski definition) is 7. The van der Waals surface area contributed by atoms with Gasteiger partial charge in [0.25, 0.3) is 5.91 Å². The molecule has 1 unspecified atom stereocenters. The number of amides is 2. The van der Waals surface area contributed by atoms with Crippen molar-refractivity contribution >= 4 is 34.1 Å². The fraction of sp³-hybridized carbons (Fsp3) is 0.500. The molecule has 0 radical (unpaired) electrons. The Balaban J connectivity index is 1.90. The van der Waals surface area contributed by atoms with E-state index in [0.717, 1.165) is 0 Å². The van der Waals surface area contributed by atoms with Crippen molar-refractivity contribution in [2.75, 3.05) is 26.2 Å². The van der Waals surface area contributed by atoms with Gasteiger partial charge >= 0.3 is 11.0 Å². The van der Waals surface area contributed by atoms with Crippen molar-refractivity contribution in [3.63, 3.8) is 0 Å². The van der Waals surface area contributed by atoms with Crippen LogP contribution in [0.2, 0.25) is 0 Å². The monoisotopic (exact) mass is 355 g/mol. The molecule has 2 rings (SSSR count). The second kappa shape index (κ2) is 7.39. The first-order chi connectivity index (χ1) is 11.3. The van der Waals surface area contributed by atoms with Gasteiger partial charge in [0.05, 0.1) is 4.92 Å². The molecule has 9 nitrogen and oxygen atoms in total. The Morgan fingerprint density at radius 1 is 1.21 bits per heavy atom. The van der Waals surface area contributed by atoms with E-state index in [1.54, 1.807) is 4.90 Å². The Kier molecular flexibility index (Phi) is 5.50. The van der Waals surface area contributed by atoms with E-state index in [9.17, 15) is 24.5 Å². The average Bonchev–Trinajstić information content (AvgIpc) is 3.04. The van der Waals surface area contributed by atoms with Crippen LogP contribution in [0, 0.1) is 10.1 Å². The number of esters is 1. The molecule has 0 aromatic carbocycles. The van der Waals surface area contributed by atoms with Crippen molar-refractivity contribution in [2.24, 2.45) is 0 Å². The normalized spacial score (nSPS) is 15.8. The zero-order chi connectivity index (χ0) is 17.9. The third-order valence-corrected chi connectivity index (χ3v) is 4.66. The maximum Gasteiger partial charge on any atom is 0.349 e. The number of nitro groups is 1. The van der Waals surface area contributed by atoms with E-state index in [1.165, 1.54) is 30.9 Å². The predicted octanol–water partition coefficient (Wildman–Crippen LogP) is 0.892. The highest BCUT2D eigenvalue weighted by atomic mass is 32.1. The minimum Gasteiger partial charge on any atom is -0.448 e. The fourth-order valence-corrected chi connectivity index (χ4v) is 3.01. The van der Waals surface area contributed by atoms with Crippen molar-refractivity contribution in [3.05, 3.63) is 27.1 Å². The average molecular weight is 355 g/mol. The molecule has 10 heteroatoms. The quantitative estimate of drug-likeness (QED) is 0.451. The maximum absolute atomic E-state index is 12.3. The van der Waals surface area contributed by atoms with Crippen molar-refractivity contribution in [1.82, 2.24) is 9.80 Å². The summed E-state index contributed by atoms with van der Waals surface area (Å²) < 4.78 is 5.10. The highest BCUT2D eigenvalue weighted by Crippen LogP contribution is 2.24. The Morgan fingerprint density at radius 2 is 1.79 bits per heavy atom. The van der Waals surface area contributed by atoms with Gasteiger partial charge in [0.15, 0.2) is 6.10 Å². The van der Waals surface area contributed by atoms with Crippen molar-refractivity contribution in [2.45, 2.75) is 20.0 Å². The molecule has 2 amide bonds. The van der Waals surface area contributed by atoms with E-state index in [0.29, 0.717) is 37.5 Å². The zero-order valence-corrected chi connectivity index (χ0v) is 14.1. The van der Waals surface area contributed by atoms with E-state index in [4.69, 9.17) is 4.74 Å². The SMILES string of the molecule is CC(=O)N1CCN(C(=O)C(C)OC(=O)c2ccc([N+](=O)[O-])s2)CC1. The molecule has 1 atom stereocenters. The van der Waals surface area contributed by atoms with E-state index in [2.05, 4.69) is 0 Å². The summed E-state index contributed by atoms with van der Waals surface area (Å²) in [6, 6.07) is 2.52. The van der Waals surface area contributed by atoms with Crippen LogP contribution in [0.15, 0.2) is 12.1 Å². The van der Waals surface area contributed by atoms with Gasteiger partial charge in [-0.25, -0.2) is 4.79 Å². The molecule has 1 aliphatic rings. The number of carbonyl (C=O) groups is 3. The molecule has 1 aromatic heterocycles. The highest BCUT2D eigenvalue weighted by molar-refractivity contribution is 7.17. The summed E-state index contributed by atoms with van der Waals surface area (Å²) >= 11 is 0.699. The number of ether oxygens (including phenoxy) is 1. The van der Waals surface area contributed by atoms with Crippen molar-refractivity contribution in [3.8, 4) is 0 Å².